The molecule has 10 heteroatoms. The number of carbonyl (C=O) groups excluding carboxylic acids is 1. The maximum atomic E-state index is 13.8. The second kappa shape index (κ2) is 12.5. The molecule has 4 aromatic rings. The first-order valence-electron chi connectivity index (χ1n) is 12.4. The lowest BCUT2D eigenvalue weighted by Crippen LogP contribution is -2.33. The molecule has 2 aromatic heterocycles. The average molecular weight is 555 g/mol. The van der Waals surface area contributed by atoms with Gasteiger partial charge in [0.2, 0.25) is 5.91 Å². The number of thiazole rings is 1. The molecule has 1 amide bonds. The number of amides is 1. The number of hydrogen-bond acceptors (Lipinski definition) is 7. The Morgan fingerprint density at radius 1 is 1.05 bits per heavy atom. The molecule has 4 rings (SSSR count). The standard InChI is InChI=1S/C27H30N4O3S3/c1-4-7-17-29(5-2)22(32)18-36-26-28-24-23(25(33)31(26)19-11-9-8-10-12-19)37-27(35)30(24)20-13-15-21(16-14-20)34-6-3/h8-16H,4-7,17-18H2,1-3H3. The van der Waals surface area contributed by atoms with Crippen LogP contribution in [0.25, 0.3) is 21.7 Å². The van der Waals surface area contributed by atoms with E-state index in [2.05, 4.69) is 6.92 Å². The Hall–Kier alpha value is -2.95. The fraction of sp³-hybridized carbons (Fsp3) is 0.333. The van der Waals surface area contributed by atoms with Crippen LogP contribution in [0.2, 0.25) is 0 Å². The number of carbonyl (C=O) groups is 1. The smallest absolute Gasteiger partial charge is 0.278 e. The molecule has 37 heavy (non-hydrogen) atoms. The summed E-state index contributed by atoms with van der Waals surface area (Å²) in [6.07, 6.45) is 1.98. The fourth-order valence-electron chi connectivity index (χ4n) is 3.95. The second-order valence-corrected chi connectivity index (χ2v) is 10.9. The van der Waals surface area contributed by atoms with Crippen LogP contribution in [0.3, 0.4) is 0 Å². The summed E-state index contributed by atoms with van der Waals surface area (Å²) in [6.45, 7) is 7.99. The predicted molar refractivity (Wildman–Crippen MR) is 154 cm³/mol. The van der Waals surface area contributed by atoms with Crippen molar-refractivity contribution < 1.29 is 9.53 Å². The summed E-state index contributed by atoms with van der Waals surface area (Å²) in [4.78, 5) is 33.6. The number of para-hydroxylation sites is 1. The third-order valence-corrected chi connectivity index (χ3v) is 8.11. The van der Waals surface area contributed by atoms with Crippen LogP contribution in [0, 0.1) is 3.95 Å². The third kappa shape index (κ3) is 5.97. The molecule has 2 aromatic carbocycles. The van der Waals surface area contributed by atoms with Crippen molar-refractivity contribution in [1.82, 2.24) is 19.0 Å². The summed E-state index contributed by atoms with van der Waals surface area (Å²) in [7, 11) is 0. The molecule has 0 aliphatic heterocycles. The van der Waals surface area contributed by atoms with E-state index in [-0.39, 0.29) is 17.2 Å². The minimum Gasteiger partial charge on any atom is -0.494 e. The minimum absolute atomic E-state index is 0.0311. The summed E-state index contributed by atoms with van der Waals surface area (Å²) < 4.78 is 9.95. The molecule has 0 aliphatic carbocycles. The molecule has 0 spiro atoms. The first-order chi connectivity index (χ1) is 18.0. The van der Waals surface area contributed by atoms with Gasteiger partial charge < -0.3 is 9.64 Å². The summed E-state index contributed by atoms with van der Waals surface area (Å²) >= 11 is 8.19. The van der Waals surface area contributed by atoms with E-state index >= 15 is 0 Å². The molecular formula is C27H30N4O3S3. The predicted octanol–water partition coefficient (Wildman–Crippen LogP) is 6.11. The van der Waals surface area contributed by atoms with E-state index < -0.39 is 0 Å². The molecule has 0 saturated heterocycles. The third-order valence-electron chi connectivity index (χ3n) is 5.84. The number of thioether (sulfide) groups is 1. The Balaban J connectivity index is 1.81. The maximum Gasteiger partial charge on any atom is 0.278 e. The van der Waals surface area contributed by atoms with Gasteiger partial charge in [-0.15, -0.1) is 0 Å². The number of ether oxygens (including phenoxy) is 1. The van der Waals surface area contributed by atoms with E-state index in [9.17, 15) is 9.59 Å². The van der Waals surface area contributed by atoms with Crippen molar-refractivity contribution in [3.8, 4) is 17.1 Å². The number of benzene rings is 2. The van der Waals surface area contributed by atoms with Crippen LogP contribution in [0.15, 0.2) is 64.5 Å². The second-order valence-electron chi connectivity index (χ2n) is 8.27. The molecule has 0 saturated carbocycles. The van der Waals surface area contributed by atoms with Crippen LogP contribution >= 0.6 is 35.3 Å². The summed E-state index contributed by atoms with van der Waals surface area (Å²) in [5.41, 5.74) is 1.78. The van der Waals surface area contributed by atoms with Gasteiger partial charge in [-0.1, -0.05) is 54.6 Å². The van der Waals surface area contributed by atoms with Crippen molar-refractivity contribution in [2.45, 2.75) is 38.8 Å². The highest BCUT2D eigenvalue weighted by Crippen LogP contribution is 2.28. The monoisotopic (exact) mass is 554 g/mol. The molecule has 7 nitrogen and oxygen atoms in total. The maximum absolute atomic E-state index is 13.8. The van der Waals surface area contributed by atoms with Gasteiger partial charge in [-0.25, -0.2) is 4.98 Å². The number of unbranched alkanes of at least 4 members (excludes halogenated alkanes) is 1. The van der Waals surface area contributed by atoms with Gasteiger partial charge >= 0.3 is 0 Å². The molecule has 2 heterocycles. The Labute approximate surface area is 229 Å². The van der Waals surface area contributed by atoms with E-state index in [1.165, 1.54) is 23.1 Å². The Kier molecular flexibility index (Phi) is 9.18. The molecule has 0 N–H and O–H groups in total. The molecule has 0 fully saturated rings. The van der Waals surface area contributed by atoms with E-state index in [1.807, 2.05) is 77.9 Å². The van der Waals surface area contributed by atoms with Crippen molar-refractivity contribution >= 4 is 51.6 Å². The lowest BCUT2D eigenvalue weighted by Gasteiger charge is -2.20. The molecule has 0 radical (unpaired) electrons. The first-order valence-corrected chi connectivity index (χ1v) is 14.6. The number of nitrogens with zero attached hydrogens (tertiary/aromatic N) is 4. The van der Waals surface area contributed by atoms with Gasteiger partial charge in [0, 0.05) is 18.8 Å². The first kappa shape index (κ1) is 27.1. The van der Waals surface area contributed by atoms with Gasteiger partial charge in [-0.3, -0.25) is 18.7 Å². The zero-order valence-electron chi connectivity index (χ0n) is 21.2. The molecule has 0 aliphatic rings. The van der Waals surface area contributed by atoms with Crippen LogP contribution in [0.4, 0.5) is 0 Å². The SMILES string of the molecule is CCCCN(CC)C(=O)CSc1nc2c(sc(=S)n2-c2ccc(OCC)cc2)c(=O)n1-c1ccccc1. The van der Waals surface area contributed by atoms with Gasteiger partial charge in [-0.05, 0) is 68.9 Å². The fourth-order valence-corrected chi connectivity index (χ4v) is 6.16. The number of hydrogen-bond donors (Lipinski definition) is 0. The van der Waals surface area contributed by atoms with Crippen LogP contribution in [-0.2, 0) is 4.79 Å². The normalized spacial score (nSPS) is 11.1. The van der Waals surface area contributed by atoms with Crippen LogP contribution < -0.4 is 10.3 Å². The lowest BCUT2D eigenvalue weighted by atomic mass is 10.3. The highest BCUT2D eigenvalue weighted by Gasteiger charge is 2.21. The summed E-state index contributed by atoms with van der Waals surface area (Å²) in [6, 6.07) is 16.9. The Morgan fingerprint density at radius 2 is 1.76 bits per heavy atom. The van der Waals surface area contributed by atoms with Gasteiger partial charge in [0.1, 0.15) is 10.4 Å². The van der Waals surface area contributed by atoms with Crippen molar-refractivity contribution in [3.05, 3.63) is 68.9 Å². The number of aromatic nitrogens is 3. The van der Waals surface area contributed by atoms with Gasteiger partial charge in [0.25, 0.3) is 5.56 Å². The number of rotatable bonds is 11. The quantitative estimate of drug-likeness (QED) is 0.127. The van der Waals surface area contributed by atoms with Crippen LogP contribution in [0.5, 0.6) is 5.75 Å². The zero-order valence-corrected chi connectivity index (χ0v) is 23.6. The highest BCUT2D eigenvalue weighted by molar-refractivity contribution is 7.99. The molecule has 0 bridgehead atoms. The van der Waals surface area contributed by atoms with Gasteiger partial charge in [-0.2, -0.15) is 0 Å². The highest BCUT2D eigenvalue weighted by atomic mass is 32.2. The zero-order chi connectivity index (χ0) is 26.4. The Morgan fingerprint density at radius 3 is 2.41 bits per heavy atom. The van der Waals surface area contributed by atoms with Crippen molar-refractivity contribution in [3.63, 3.8) is 0 Å². The summed E-state index contributed by atoms with van der Waals surface area (Å²) in [5, 5.41) is 0.455. The molecule has 194 valence electrons. The van der Waals surface area contributed by atoms with Crippen LogP contribution in [0.1, 0.15) is 33.6 Å². The summed E-state index contributed by atoms with van der Waals surface area (Å²) in [5.74, 6) is 0.981. The minimum atomic E-state index is -0.203. The molecular weight excluding hydrogens is 525 g/mol. The van der Waals surface area contributed by atoms with Gasteiger partial charge in [0.15, 0.2) is 14.8 Å². The molecule has 0 atom stereocenters. The van der Waals surface area contributed by atoms with Crippen molar-refractivity contribution in [1.29, 1.82) is 0 Å². The number of fused-ring (bicyclic) bond motifs is 1. The van der Waals surface area contributed by atoms with Crippen molar-refractivity contribution in [2.24, 2.45) is 0 Å². The topological polar surface area (TPSA) is 69.4 Å². The Bertz CT molecular complexity index is 1480. The average Bonchev–Trinajstić information content (AvgIpc) is 3.25. The van der Waals surface area contributed by atoms with E-state index in [1.54, 1.807) is 4.57 Å². The van der Waals surface area contributed by atoms with E-state index in [0.717, 1.165) is 30.8 Å². The molecule has 0 unspecified atom stereocenters. The van der Waals surface area contributed by atoms with E-state index in [4.69, 9.17) is 21.9 Å². The van der Waals surface area contributed by atoms with Crippen LogP contribution in [-0.4, -0.2) is 50.4 Å². The van der Waals surface area contributed by atoms with Crippen molar-refractivity contribution in [2.75, 3.05) is 25.4 Å². The van der Waals surface area contributed by atoms with Gasteiger partial charge in [0.05, 0.1) is 18.0 Å². The largest absolute Gasteiger partial charge is 0.494 e. The van der Waals surface area contributed by atoms with E-state index in [0.29, 0.717) is 38.3 Å². The lowest BCUT2D eigenvalue weighted by molar-refractivity contribution is -0.128.